The number of benzene rings is 2. The van der Waals surface area contributed by atoms with Gasteiger partial charge in [0, 0.05) is 5.02 Å². The van der Waals surface area contributed by atoms with Crippen molar-refractivity contribution in [1.82, 2.24) is 0 Å². The smallest absolute Gasteiger partial charge is 0.125 e. The van der Waals surface area contributed by atoms with E-state index in [0.29, 0.717) is 5.02 Å². The maximum atomic E-state index is 13.3. The van der Waals surface area contributed by atoms with E-state index in [1.165, 1.54) is 17.7 Å². The fourth-order valence-corrected chi connectivity index (χ4v) is 2.04. The first kappa shape index (κ1) is 11.2. The van der Waals surface area contributed by atoms with Crippen LogP contribution in [0, 0.1) is 5.82 Å². The van der Waals surface area contributed by atoms with Crippen molar-refractivity contribution in [3.05, 3.63) is 58.9 Å². The monoisotopic (exact) mass is 234 g/mol. The maximum absolute atomic E-state index is 13.3. The summed E-state index contributed by atoms with van der Waals surface area (Å²) >= 11 is 5.86. The molecule has 0 heterocycles. The summed E-state index contributed by atoms with van der Waals surface area (Å²) in [5, 5.41) is 0.431. The van der Waals surface area contributed by atoms with Gasteiger partial charge in [-0.15, -0.1) is 0 Å². The van der Waals surface area contributed by atoms with Crippen LogP contribution in [-0.2, 0) is 6.42 Å². The molecule has 0 amide bonds. The van der Waals surface area contributed by atoms with Gasteiger partial charge >= 0.3 is 0 Å². The van der Waals surface area contributed by atoms with E-state index >= 15 is 0 Å². The summed E-state index contributed by atoms with van der Waals surface area (Å²) in [6, 6.07) is 12.6. The summed E-state index contributed by atoms with van der Waals surface area (Å²) in [4.78, 5) is 0. The van der Waals surface area contributed by atoms with Crippen LogP contribution in [0.4, 0.5) is 4.39 Å². The fraction of sp³-hybridized carbons (Fsp3) is 0.143. The molecule has 0 unspecified atom stereocenters. The zero-order valence-corrected chi connectivity index (χ0v) is 9.76. The highest BCUT2D eigenvalue weighted by atomic mass is 35.5. The van der Waals surface area contributed by atoms with Gasteiger partial charge in [0.05, 0.1) is 0 Å². The van der Waals surface area contributed by atoms with E-state index in [-0.39, 0.29) is 5.82 Å². The molecule has 0 saturated carbocycles. The van der Waals surface area contributed by atoms with Gasteiger partial charge in [0.15, 0.2) is 0 Å². The third kappa shape index (κ3) is 2.25. The number of hydrogen-bond acceptors (Lipinski definition) is 0. The predicted molar refractivity (Wildman–Crippen MR) is 66.2 cm³/mol. The van der Waals surface area contributed by atoms with Gasteiger partial charge in [-0.05, 0) is 41.3 Å². The molecule has 0 aliphatic heterocycles. The Balaban J connectivity index is 2.58. The van der Waals surface area contributed by atoms with Gasteiger partial charge in [-0.3, -0.25) is 0 Å². The molecule has 0 N–H and O–H groups in total. The summed E-state index contributed by atoms with van der Waals surface area (Å²) in [5.74, 6) is -0.298. The first-order valence-corrected chi connectivity index (χ1v) is 5.63. The average molecular weight is 235 g/mol. The highest BCUT2D eigenvalue weighted by Crippen LogP contribution is 2.27. The van der Waals surface area contributed by atoms with Gasteiger partial charge in [0.1, 0.15) is 5.82 Å². The molecule has 0 saturated heterocycles. The van der Waals surface area contributed by atoms with Crippen molar-refractivity contribution in [3.8, 4) is 11.1 Å². The zero-order chi connectivity index (χ0) is 11.5. The first-order chi connectivity index (χ1) is 7.70. The number of halogens is 2. The molecule has 0 aliphatic rings. The lowest BCUT2D eigenvalue weighted by atomic mass is 9.98. The van der Waals surface area contributed by atoms with Crippen LogP contribution in [0.2, 0.25) is 5.02 Å². The Bertz CT molecular complexity index is 486. The largest absolute Gasteiger partial charge is 0.207 e. The normalized spacial score (nSPS) is 10.4. The van der Waals surface area contributed by atoms with Gasteiger partial charge in [0.2, 0.25) is 0 Å². The Kier molecular flexibility index (Phi) is 3.25. The molecule has 2 rings (SSSR count). The molecule has 0 bridgehead atoms. The molecule has 0 fully saturated rings. The van der Waals surface area contributed by atoms with E-state index in [1.807, 2.05) is 24.3 Å². The van der Waals surface area contributed by atoms with Crippen molar-refractivity contribution in [2.75, 3.05) is 0 Å². The molecule has 0 aromatic heterocycles. The molecule has 2 aromatic rings. The van der Waals surface area contributed by atoms with Crippen molar-refractivity contribution in [2.24, 2.45) is 0 Å². The van der Waals surface area contributed by atoms with Crippen molar-refractivity contribution >= 4 is 11.6 Å². The Morgan fingerprint density at radius 1 is 1.12 bits per heavy atom. The van der Waals surface area contributed by atoms with Crippen LogP contribution in [0.3, 0.4) is 0 Å². The molecule has 0 radical (unpaired) electrons. The van der Waals surface area contributed by atoms with Crippen molar-refractivity contribution in [3.63, 3.8) is 0 Å². The summed E-state index contributed by atoms with van der Waals surface area (Å²) in [6.45, 7) is 2.08. The predicted octanol–water partition coefficient (Wildman–Crippen LogP) is 4.71. The SMILES string of the molecule is CCc1ccccc1-c1cc(F)cc(Cl)c1. The molecule has 82 valence electrons. The molecule has 2 aromatic carbocycles. The van der Waals surface area contributed by atoms with E-state index in [1.54, 1.807) is 6.07 Å². The van der Waals surface area contributed by atoms with E-state index < -0.39 is 0 Å². The van der Waals surface area contributed by atoms with Crippen LogP contribution >= 0.6 is 11.6 Å². The first-order valence-electron chi connectivity index (χ1n) is 5.25. The number of rotatable bonds is 2. The summed E-state index contributed by atoms with van der Waals surface area (Å²) in [5.41, 5.74) is 3.08. The average Bonchev–Trinajstić information content (AvgIpc) is 2.27. The van der Waals surface area contributed by atoms with Gasteiger partial charge in [-0.1, -0.05) is 42.8 Å². The van der Waals surface area contributed by atoms with Crippen LogP contribution in [0.25, 0.3) is 11.1 Å². The fourth-order valence-electron chi connectivity index (χ4n) is 1.82. The lowest BCUT2D eigenvalue weighted by molar-refractivity contribution is 0.628. The molecule has 0 nitrogen and oxygen atoms in total. The minimum absolute atomic E-state index is 0.298. The van der Waals surface area contributed by atoms with E-state index in [9.17, 15) is 4.39 Å². The number of aryl methyl sites for hydroxylation is 1. The second-order valence-electron chi connectivity index (χ2n) is 3.67. The molecule has 16 heavy (non-hydrogen) atoms. The van der Waals surface area contributed by atoms with Gasteiger partial charge in [0.25, 0.3) is 0 Å². The van der Waals surface area contributed by atoms with Crippen molar-refractivity contribution in [2.45, 2.75) is 13.3 Å². The highest BCUT2D eigenvalue weighted by molar-refractivity contribution is 6.30. The summed E-state index contributed by atoms with van der Waals surface area (Å²) in [7, 11) is 0. The van der Waals surface area contributed by atoms with E-state index in [2.05, 4.69) is 6.92 Å². The Hall–Kier alpha value is -1.34. The Labute approximate surface area is 99.7 Å². The molecule has 0 aliphatic carbocycles. The van der Waals surface area contributed by atoms with E-state index in [4.69, 9.17) is 11.6 Å². The lowest BCUT2D eigenvalue weighted by Crippen LogP contribution is -1.88. The van der Waals surface area contributed by atoms with Gasteiger partial charge in [-0.2, -0.15) is 0 Å². The Morgan fingerprint density at radius 3 is 2.56 bits per heavy atom. The molecule has 2 heteroatoms. The number of hydrogen-bond donors (Lipinski definition) is 0. The van der Waals surface area contributed by atoms with Gasteiger partial charge in [-0.25, -0.2) is 4.39 Å². The van der Waals surface area contributed by atoms with Gasteiger partial charge < -0.3 is 0 Å². The molecule has 0 atom stereocenters. The second-order valence-corrected chi connectivity index (χ2v) is 4.11. The van der Waals surface area contributed by atoms with Crippen molar-refractivity contribution < 1.29 is 4.39 Å². The van der Waals surface area contributed by atoms with Crippen LogP contribution in [0.1, 0.15) is 12.5 Å². The quantitative estimate of drug-likeness (QED) is 0.706. The zero-order valence-electron chi connectivity index (χ0n) is 9.00. The molecular formula is C14H12ClF. The maximum Gasteiger partial charge on any atom is 0.125 e. The minimum Gasteiger partial charge on any atom is -0.207 e. The Morgan fingerprint density at radius 2 is 1.88 bits per heavy atom. The third-order valence-electron chi connectivity index (χ3n) is 2.57. The van der Waals surface area contributed by atoms with Crippen LogP contribution in [0.15, 0.2) is 42.5 Å². The standard InChI is InChI=1S/C14H12ClF/c1-2-10-5-3-4-6-14(10)11-7-12(15)9-13(16)8-11/h3-9H,2H2,1H3. The second kappa shape index (κ2) is 4.67. The van der Waals surface area contributed by atoms with E-state index in [0.717, 1.165) is 17.5 Å². The van der Waals surface area contributed by atoms with Crippen molar-refractivity contribution in [1.29, 1.82) is 0 Å². The minimum atomic E-state index is -0.298. The topological polar surface area (TPSA) is 0 Å². The third-order valence-corrected chi connectivity index (χ3v) is 2.79. The van der Waals surface area contributed by atoms with Crippen LogP contribution < -0.4 is 0 Å². The highest BCUT2D eigenvalue weighted by Gasteiger charge is 2.05. The lowest BCUT2D eigenvalue weighted by Gasteiger charge is -2.08. The van der Waals surface area contributed by atoms with Crippen LogP contribution in [-0.4, -0.2) is 0 Å². The molecular weight excluding hydrogens is 223 g/mol. The molecule has 0 spiro atoms. The van der Waals surface area contributed by atoms with Crippen LogP contribution in [0.5, 0.6) is 0 Å². The summed E-state index contributed by atoms with van der Waals surface area (Å²) < 4.78 is 13.3. The summed E-state index contributed by atoms with van der Waals surface area (Å²) in [6.07, 6.45) is 0.921.